The van der Waals surface area contributed by atoms with Gasteiger partial charge in [0, 0.05) is 11.8 Å². The molecule has 0 fully saturated rings. The van der Waals surface area contributed by atoms with Crippen LogP contribution in [0.5, 0.6) is 0 Å². The monoisotopic (exact) mass is 448 g/mol. The zero-order chi connectivity index (χ0) is 23.3. The molecular formula is C27H28O4S. The van der Waals surface area contributed by atoms with Gasteiger partial charge in [-0.25, -0.2) is 13.2 Å². The number of carbonyl (C=O) groups is 1. The van der Waals surface area contributed by atoms with E-state index in [-0.39, 0.29) is 4.90 Å². The van der Waals surface area contributed by atoms with Gasteiger partial charge in [-0.05, 0) is 62.9 Å². The molecule has 0 atom stereocenters. The highest BCUT2D eigenvalue weighted by molar-refractivity contribution is 7.90. The lowest BCUT2D eigenvalue weighted by Crippen LogP contribution is -1.98. The molecule has 0 aromatic heterocycles. The first-order valence-corrected chi connectivity index (χ1v) is 12.4. The topological polar surface area (TPSA) is 60.4 Å². The Morgan fingerprint density at radius 2 is 1.53 bits per heavy atom. The van der Waals surface area contributed by atoms with E-state index in [4.69, 9.17) is 4.74 Å². The molecule has 2 aromatic carbocycles. The average Bonchev–Trinajstić information content (AvgIpc) is 3.08. The minimum Gasteiger partial charge on any atom is -0.422 e. The van der Waals surface area contributed by atoms with Crippen molar-refractivity contribution >= 4 is 27.0 Å². The molecule has 3 rings (SSSR count). The van der Waals surface area contributed by atoms with Crippen molar-refractivity contribution in [2.24, 2.45) is 0 Å². The second-order valence-electron chi connectivity index (χ2n) is 8.17. The minimum atomic E-state index is -3.31. The Labute approximate surface area is 190 Å². The number of rotatable bonds is 7. The summed E-state index contributed by atoms with van der Waals surface area (Å²) in [5.74, 6) is 0.0442. The average molecular weight is 449 g/mol. The third-order valence-electron chi connectivity index (χ3n) is 5.15. The molecule has 0 amide bonds. The van der Waals surface area contributed by atoms with Gasteiger partial charge in [-0.15, -0.1) is 0 Å². The van der Waals surface area contributed by atoms with E-state index >= 15 is 0 Å². The molecule has 0 radical (unpaired) electrons. The summed E-state index contributed by atoms with van der Waals surface area (Å²) in [5, 5.41) is 0. The number of allylic oxidation sites excluding steroid dienone is 6. The third-order valence-corrected chi connectivity index (χ3v) is 6.28. The Morgan fingerprint density at radius 1 is 0.906 bits per heavy atom. The van der Waals surface area contributed by atoms with E-state index in [1.54, 1.807) is 24.3 Å². The molecule has 32 heavy (non-hydrogen) atoms. The highest BCUT2D eigenvalue weighted by Gasteiger charge is 2.31. The van der Waals surface area contributed by atoms with E-state index in [0.29, 0.717) is 16.9 Å². The van der Waals surface area contributed by atoms with Crippen LogP contribution in [-0.4, -0.2) is 20.6 Å². The Morgan fingerprint density at radius 3 is 2.12 bits per heavy atom. The largest absolute Gasteiger partial charge is 0.422 e. The smallest absolute Gasteiger partial charge is 0.344 e. The number of sulfone groups is 1. The second-order valence-corrected chi connectivity index (χ2v) is 10.2. The summed E-state index contributed by atoms with van der Waals surface area (Å²) >= 11 is 0. The van der Waals surface area contributed by atoms with E-state index in [1.165, 1.54) is 17.4 Å². The van der Waals surface area contributed by atoms with Gasteiger partial charge in [0.2, 0.25) is 0 Å². The van der Waals surface area contributed by atoms with Crippen LogP contribution >= 0.6 is 0 Å². The second kappa shape index (κ2) is 9.96. The number of ether oxygens (including phenoxy) is 1. The van der Waals surface area contributed by atoms with Gasteiger partial charge in [0.15, 0.2) is 9.84 Å². The standard InChI is InChI=1S/C27H28O4S/c1-19(2)9-8-10-20(3)13-18-24-25(22-14-16-23(17-15-22)32(4,29)30)26(27(28)31-24)21-11-6-5-7-12-21/h5-7,9,11-18H,8,10H2,1-4H3/b20-13+,24-18-. The molecule has 0 saturated heterocycles. The van der Waals surface area contributed by atoms with E-state index in [0.717, 1.165) is 24.0 Å². The first-order valence-electron chi connectivity index (χ1n) is 10.5. The van der Waals surface area contributed by atoms with Crippen LogP contribution in [0.25, 0.3) is 11.1 Å². The molecule has 166 valence electrons. The summed E-state index contributed by atoms with van der Waals surface area (Å²) in [6, 6.07) is 15.9. The number of benzene rings is 2. The summed E-state index contributed by atoms with van der Waals surface area (Å²) in [6.45, 7) is 6.21. The minimum absolute atomic E-state index is 0.230. The zero-order valence-corrected chi connectivity index (χ0v) is 19.7. The Hall–Kier alpha value is -3.18. The maximum atomic E-state index is 12.8. The van der Waals surface area contributed by atoms with Crippen LogP contribution in [-0.2, 0) is 19.4 Å². The van der Waals surface area contributed by atoms with Crippen LogP contribution in [0.1, 0.15) is 44.7 Å². The highest BCUT2D eigenvalue weighted by atomic mass is 32.2. The molecule has 0 unspecified atom stereocenters. The quantitative estimate of drug-likeness (QED) is 0.377. The van der Waals surface area contributed by atoms with Crippen LogP contribution in [0.2, 0.25) is 0 Å². The molecule has 5 heteroatoms. The van der Waals surface area contributed by atoms with Crippen molar-refractivity contribution in [2.45, 2.75) is 38.5 Å². The first kappa shape index (κ1) is 23.5. The van der Waals surface area contributed by atoms with E-state index in [1.807, 2.05) is 42.5 Å². The van der Waals surface area contributed by atoms with Crippen molar-refractivity contribution < 1.29 is 17.9 Å². The van der Waals surface area contributed by atoms with E-state index in [9.17, 15) is 13.2 Å². The molecule has 0 saturated carbocycles. The molecule has 0 spiro atoms. The Bertz CT molecular complexity index is 1220. The molecule has 0 bridgehead atoms. The Balaban J connectivity index is 2.07. The lowest BCUT2D eigenvalue weighted by Gasteiger charge is -2.07. The van der Waals surface area contributed by atoms with Crippen molar-refractivity contribution in [3.05, 3.63) is 101 Å². The molecule has 0 N–H and O–H groups in total. The number of hydrogen-bond donors (Lipinski definition) is 0. The van der Waals surface area contributed by atoms with E-state index < -0.39 is 15.8 Å². The normalized spacial score (nSPS) is 15.8. The molecule has 0 aliphatic carbocycles. The van der Waals surface area contributed by atoms with Crippen LogP contribution < -0.4 is 0 Å². The van der Waals surface area contributed by atoms with Crippen LogP contribution in [0.4, 0.5) is 0 Å². The summed E-state index contributed by atoms with van der Waals surface area (Å²) in [4.78, 5) is 13.1. The van der Waals surface area contributed by atoms with E-state index in [2.05, 4.69) is 26.8 Å². The lowest BCUT2D eigenvalue weighted by atomic mass is 9.95. The molecule has 4 nitrogen and oxygen atoms in total. The van der Waals surface area contributed by atoms with Crippen molar-refractivity contribution in [2.75, 3.05) is 6.26 Å². The summed E-state index contributed by atoms with van der Waals surface area (Å²) in [7, 11) is -3.31. The van der Waals surface area contributed by atoms with Crippen molar-refractivity contribution in [1.29, 1.82) is 0 Å². The predicted molar refractivity (Wildman–Crippen MR) is 129 cm³/mol. The summed E-state index contributed by atoms with van der Waals surface area (Å²) in [6.07, 6.45) is 9.04. The maximum absolute atomic E-state index is 12.8. The van der Waals surface area contributed by atoms with Gasteiger partial charge in [0.1, 0.15) is 5.76 Å². The Kier molecular flexibility index (Phi) is 7.31. The van der Waals surface area contributed by atoms with Crippen LogP contribution in [0.3, 0.4) is 0 Å². The fourth-order valence-electron chi connectivity index (χ4n) is 3.46. The van der Waals surface area contributed by atoms with Crippen LogP contribution in [0, 0.1) is 0 Å². The van der Waals surface area contributed by atoms with Gasteiger partial charge in [-0.2, -0.15) is 0 Å². The number of carbonyl (C=O) groups excluding carboxylic acids is 1. The summed E-state index contributed by atoms with van der Waals surface area (Å²) in [5.41, 5.74) is 5.08. The molecule has 2 aromatic rings. The van der Waals surface area contributed by atoms with Gasteiger partial charge in [-0.1, -0.05) is 65.8 Å². The number of cyclic esters (lactones) is 1. The molecular weight excluding hydrogens is 420 g/mol. The number of hydrogen-bond acceptors (Lipinski definition) is 4. The fourth-order valence-corrected chi connectivity index (χ4v) is 4.09. The fraction of sp³-hybridized carbons (Fsp3) is 0.222. The van der Waals surface area contributed by atoms with Crippen LogP contribution in [0.15, 0.2) is 94.6 Å². The van der Waals surface area contributed by atoms with Gasteiger partial charge in [0.05, 0.1) is 10.5 Å². The first-order chi connectivity index (χ1) is 15.2. The summed E-state index contributed by atoms with van der Waals surface area (Å²) < 4.78 is 29.4. The maximum Gasteiger partial charge on any atom is 0.344 e. The SMILES string of the molecule is CC(C)=CCC/C(C)=C/C=C1\OC(=O)C(c2ccccc2)=C1c1ccc(S(C)(=O)=O)cc1. The van der Waals surface area contributed by atoms with Crippen molar-refractivity contribution in [3.63, 3.8) is 0 Å². The van der Waals surface area contributed by atoms with Crippen molar-refractivity contribution in [3.8, 4) is 0 Å². The number of esters is 1. The lowest BCUT2D eigenvalue weighted by molar-refractivity contribution is -0.131. The van der Waals surface area contributed by atoms with Gasteiger partial charge >= 0.3 is 5.97 Å². The van der Waals surface area contributed by atoms with Gasteiger partial charge in [0.25, 0.3) is 0 Å². The van der Waals surface area contributed by atoms with Gasteiger partial charge < -0.3 is 4.74 Å². The zero-order valence-electron chi connectivity index (χ0n) is 18.9. The molecule has 1 heterocycles. The molecule has 1 aliphatic rings. The van der Waals surface area contributed by atoms with Crippen molar-refractivity contribution in [1.82, 2.24) is 0 Å². The third kappa shape index (κ3) is 5.74. The molecule has 1 aliphatic heterocycles. The predicted octanol–water partition coefficient (Wildman–Crippen LogP) is 6.13. The van der Waals surface area contributed by atoms with Gasteiger partial charge in [-0.3, -0.25) is 0 Å². The highest BCUT2D eigenvalue weighted by Crippen LogP contribution is 2.40.